The van der Waals surface area contributed by atoms with Gasteiger partial charge in [-0.3, -0.25) is 4.57 Å². The lowest BCUT2D eigenvalue weighted by molar-refractivity contribution is 0.285. The minimum absolute atomic E-state index is 0.189. The van der Waals surface area contributed by atoms with Crippen molar-refractivity contribution in [3.8, 4) is 17.2 Å². The van der Waals surface area contributed by atoms with Gasteiger partial charge in [0.1, 0.15) is 35.3 Å². The van der Waals surface area contributed by atoms with E-state index in [-0.39, 0.29) is 12.1 Å². The Kier molecular flexibility index (Phi) is 6.31. The number of pyridine rings is 1. The normalized spacial score (nSPS) is 14.4. The second-order valence-corrected chi connectivity index (χ2v) is 8.75. The summed E-state index contributed by atoms with van der Waals surface area (Å²) in [5, 5.41) is 7.53. The van der Waals surface area contributed by atoms with Crippen molar-refractivity contribution in [1.29, 1.82) is 0 Å². The van der Waals surface area contributed by atoms with Gasteiger partial charge in [0.15, 0.2) is 0 Å². The Morgan fingerprint density at radius 3 is 2.51 bits per heavy atom. The van der Waals surface area contributed by atoms with E-state index in [1.54, 1.807) is 36.5 Å². The Bertz CT molecular complexity index is 1360. The second-order valence-electron chi connectivity index (χ2n) is 8.75. The van der Waals surface area contributed by atoms with E-state index in [1.807, 2.05) is 6.07 Å². The lowest BCUT2D eigenvalue weighted by Crippen LogP contribution is -2.31. The van der Waals surface area contributed by atoms with Gasteiger partial charge in [-0.25, -0.2) is 18.6 Å². The third-order valence-electron chi connectivity index (χ3n) is 6.40. The molecule has 1 aliphatic rings. The van der Waals surface area contributed by atoms with Gasteiger partial charge in [0.05, 0.1) is 12.2 Å². The highest BCUT2D eigenvalue weighted by molar-refractivity contribution is 5.44. The molecule has 0 unspecified atom stereocenters. The van der Waals surface area contributed by atoms with Crippen molar-refractivity contribution in [1.82, 2.24) is 19.3 Å². The fraction of sp³-hybridized carbons (Fsp3) is 0.269. The van der Waals surface area contributed by atoms with Gasteiger partial charge in [-0.1, -0.05) is 12.5 Å². The molecule has 180 valence electrons. The molecule has 9 heteroatoms. The van der Waals surface area contributed by atoms with Crippen LogP contribution >= 0.6 is 0 Å². The number of hydrogen-bond acceptors (Lipinski definition) is 5. The minimum atomic E-state index is -0.710. The summed E-state index contributed by atoms with van der Waals surface area (Å²) < 4.78 is 36.2. The van der Waals surface area contributed by atoms with Gasteiger partial charge in [0.25, 0.3) is 0 Å². The minimum Gasteiger partial charge on any atom is -0.457 e. The molecular formula is C26H25F2N5O2. The molecule has 0 spiro atoms. The zero-order chi connectivity index (χ0) is 24.4. The SMILES string of the molecule is C[C@H](Nc1cc(Oc2ccc(-n3ncn(Cc4c(F)cccc4F)c3=O)cc2)ccn1)C1CCC1. The molecule has 1 saturated carbocycles. The van der Waals surface area contributed by atoms with Crippen LogP contribution < -0.4 is 15.7 Å². The molecular weight excluding hydrogens is 452 g/mol. The van der Waals surface area contributed by atoms with Crippen LogP contribution in [0.3, 0.4) is 0 Å². The molecule has 1 N–H and O–H groups in total. The molecule has 2 heterocycles. The maximum Gasteiger partial charge on any atom is 0.350 e. The number of ether oxygens (including phenoxy) is 1. The molecule has 2 aromatic carbocycles. The lowest BCUT2D eigenvalue weighted by Gasteiger charge is -2.32. The lowest BCUT2D eigenvalue weighted by atomic mass is 9.80. The number of benzene rings is 2. The predicted molar refractivity (Wildman–Crippen MR) is 128 cm³/mol. The summed E-state index contributed by atoms with van der Waals surface area (Å²) in [4.78, 5) is 17.1. The van der Waals surface area contributed by atoms with E-state index in [0.717, 1.165) is 22.5 Å². The first-order chi connectivity index (χ1) is 17.0. The smallest absolute Gasteiger partial charge is 0.350 e. The first kappa shape index (κ1) is 22.8. The van der Waals surface area contributed by atoms with Crippen LogP contribution in [-0.2, 0) is 6.54 Å². The third kappa shape index (κ3) is 4.94. The van der Waals surface area contributed by atoms with Gasteiger partial charge < -0.3 is 10.1 Å². The quantitative estimate of drug-likeness (QED) is 0.380. The van der Waals surface area contributed by atoms with E-state index in [4.69, 9.17) is 4.74 Å². The maximum atomic E-state index is 14.0. The molecule has 0 radical (unpaired) electrons. The van der Waals surface area contributed by atoms with Gasteiger partial charge >= 0.3 is 5.69 Å². The van der Waals surface area contributed by atoms with Gasteiger partial charge in [0.2, 0.25) is 0 Å². The predicted octanol–water partition coefficient (Wildman–Crippen LogP) is 5.15. The average molecular weight is 478 g/mol. The Labute approximate surface area is 201 Å². The van der Waals surface area contributed by atoms with E-state index >= 15 is 0 Å². The molecule has 1 fully saturated rings. The molecule has 0 bridgehead atoms. The summed E-state index contributed by atoms with van der Waals surface area (Å²) >= 11 is 0. The van der Waals surface area contributed by atoms with Crippen LogP contribution in [0.1, 0.15) is 31.7 Å². The zero-order valence-corrected chi connectivity index (χ0v) is 19.2. The number of nitrogens with one attached hydrogen (secondary N) is 1. The number of aromatic nitrogens is 4. The van der Waals surface area contributed by atoms with Crippen LogP contribution in [0.15, 0.2) is 71.9 Å². The van der Waals surface area contributed by atoms with Gasteiger partial charge in [-0.05, 0) is 68.1 Å². The molecule has 7 nitrogen and oxygen atoms in total. The maximum absolute atomic E-state index is 14.0. The van der Waals surface area contributed by atoms with Crippen LogP contribution in [0, 0.1) is 17.6 Å². The highest BCUT2D eigenvalue weighted by Crippen LogP contribution is 2.31. The molecule has 5 rings (SSSR count). The summed E-state index contributed by atoms with van der Waals surface area (Å²) in [7, 11) is 0. The topological polar surface area (TPSA) is 74.0 Å². The van der Waals surface area contributed by atoms with E-state index < -0.39 is 17.3 Å². The first-order valence-electron chi connectivity index (χ1n) is 11.6. The summed E-state index contributed by atoms with van der Waals surface area (Å²) in [6, 6.07) is 14.4. The van der Waals surface area contributed by atoms with E-state index in [2.05, 4.69) is 22.3 Å². The number of nitrogens with zero attached hydrogens (tertiary/aromatic N) is 4. The average Bonchev–Trinajstić information content (AvgIpc) is 3.16. The molecule has 0 saturated heterocycles. The standard InChI is InChI=1S/C26H25F2N5O2/c1-17(18-4-2-5-18)31-25-14-21(12-13-29-25)35-20-10-8-19(9-11-20)33-26(34)32(16-30-33)15-22-23(27)6-3-7-24(22)28/h3,6-14,16-18H,2,4-5,15H2,1H3,(H,29,31)/t17-/m0/s1. The van der Waals surface area contributed by atoms with Crippen molar-refractivity contribution >= 4 is 5.82 Å². The van der Waals surface area contributed by atoms with Crippen LogP contribution in [0.5, 0.6) is 11.5 Å². The van der Waals surface area contributed by atoms with Crippen molar-refractivity contribution in [3.63, 3.8) is 0 Å². The van der Waals surface area contributed by atoms with Crippen molar-refractivity contribution in [3.05, 3.63) is 94.8 Å². The van der Waals surface area contributed by atoms with E-state index in [9.17, 15) is 13.6 Å². The summed E-state index contributed by atoms with van der Waals surface area (Å²) in [6.45, 7) is 1.92. The molecule has 35 heavy (non-hydrogen) atoms. The van der Waals surface area contributed by atoms with Crippen molar-refractivity contribution in [2.45, 2.75) is 38.8 Å². The Balaban J connectivity index is 1.27. The fourth-order valence-electron chi connectivity index (χ4n) is 4.11. The van der Waals surface area contributed by atoms with E-state index in [1.165, 1.54) is 36.3 Å². The number of hydrogen-bond donors (Lipinski definition) is 1. The fourth-order valence-corrected chi connectivity index (χ4v) is 4.11. The zero-order valence-electron chi connectivity index (χ0n) is 19.2. The molecule has 4 aromatic rings. The van der Waals surface area contributed by atoms with Crippen LogP contribution in [0.25, 0.3) is 5.69 Å². The molecule has 1 atom stereocenters. The Morgan fingerprint density at radius 2 is 1.83 bits per heavy atom. The second kappa shape index (κ2) is 9.69. The van der Waals surface area contributed by atoms with Crippen LogP contribution in [0.4, 0.5) is 14.6 Å². The molecule has 2 aromatic heterocycles. The first-order valence-corrected chi connectivity index (χ1v) is 11.6. The Morgan fingerprint density at radius 1 is 1.09 bits per heavy atom. The largest absolute Gasteiger partial charge is 0.457 e. The highest BCUT2D eigenvalue weighted by atomic mass is 19.1. The van der Waals surface area contributed by atoms with Gasteiger partial charge in [0, 0.05) is 23.9 Å². The van der Waals surface area contributed by atoms with Crippen LogP contribution in [0.2, 0.25) is 0 Å². The highest BCUT2D eigenvalue weighted by Gasteiger charge is 2.24. The van der Waals surface area contributed by atoms with Gasteiger partial charge in [-0.15, -0.1) is 0 Å². The molecule has 0 amide bonds. The number of anilines is 1. The van der Waals surface area contributed by atoms with Crippen LogP contribution in [-0.4, -0.2) is 25.4 Å². The van der Waals surface area contributed by atoms with Crippen molar-refractivity contribution < 1.29 is 13.5 Å². The molecule has 0 aliphatic heterocycles. The summed E-state index contributed by atoms with van der Waals surface area (Å²) in [6.07, 6.45) is 6.74. The molecule has 1 aliphatic carbocycles. The Hall–Kier alpha value is -4.01. The summed E-state index contributed by atoms with van der Waals surface area (Å²) in [5.74, 6) is 1.26. The number of halogens is 2. The number of rotatable bonds is 8. The van der Waals surface area contributed by atoms with E-state index in [0.29, 0.717) is 29.1 Å². The van der Waals surface area contributed by atoms with Gasteiger partial charge in [-0.2, -0.15) is 9.78 Å². The third-order valence-corrected chi connectivity index (χ3v) is 6.40. The van der Waals surface area contributed by atoms with Crippen molar-refractivity contribution in [2.75, 3.05) is 5.32 Å². The monoisotopic (exact) mass is 477 g/mol. The van der Waals surface area contributed by atoms with Crippen molar-refractivity contribution in [2.24, 2.45) is 5.92 Å². The summed E-state index contributed by atoms with van der Waals surface area (Å²) in [5.41, 5.74) is -0.195.